The first-order chi connectivity index (χ1) is 7.26. The van der Waals surface area contributed by atoms with E-state index < -0.39 is 0 Å². The van der Waals surface area contributed by atoms with Crippen molar-refractivity contribution in [3.8, 4) is 0 Å². The van der Waals surface area contributed by atoms with Gasteiger partial charge in [0.1, 0.15) is 17.6 Å². The molecule has 0 saturated heterocycles. The first kappa shape index (κ1) is 12.2. The van der Waals surface area contributed by atoms with Crippen LogP contribution in [-0.4, -0.2) is 37.3 Å². The van der Waals surface area contributed by atoms with Crippen molar-refractivity contribution in [2.45, 2.75) is 6.61 Å². The largest absolute Gasteiger partial charge is 0.383 e. The Morgan fingerprint density at radius 1 is 1.33 bits per heavy atom. The van der Waals surface area contributed by atoms with E-state index in [1.807, 2.05) is 0 Å². The molecular formula is C9H14ClN3O2. The number of methoxy groups -OCH3 is 2. The summed E-state index contributed by atoms with van der Waals surface area (Å²) in [4.78, 5) is 8.22. The number of hydrogen-bond donors (Lipinski definition) is 1. The van der Waals surface area contributed by atoms with Gasteiger partial charge in [0.15, 0.2) is 5.82 Å². The molecule has 1 heterocycles. The second kappa shape index (κ2) is 6.55. The quantitative estimate of drug-likeness (QED) is 0.591. The van der Waals surface area contributed by atoms with Crippen molar-refractivity contribution in [1.82, 2.24) is 9.97 Å². The van der Waals surface area contributed by atoms with Crippen LogP contribution in [0.3, 0.4) is 0 Å². The van der Waals surface area contributed by atoms with Crippen LogP contribution in [0.1, 0.15) is 5.82 Å². The van der Waals surface area contributed by atoms with E-state index in [1.165, 1.54) is 0 Å². The lowest BCUT2D eigenvalue weighted by atomic mass is 10.5. The Kier molecular flexibility index (Phi) is 5.31. The van der Waals surface area contributed by atoms with Crippen molar-refractivity contribution in [1.29, 1.82) is 0 Å². The lowest BCUT2D eigenvalue weighted by molar-refractivity contribution is 0.178. The molecule has 0 aliphatic heterocycles. The molecule has 15 heavy (non-hydrogen) atoms. The van der Waals surface area contributed by atoms with Crippen LogP contribution < -0.4 is 5.32 Å². The number of anilines is 1. The highest BCUT2D eigenvalue weighted by Crippen LogP contribution is 2.11. The minimum atomic E-state index is 0.347. The van der Waals surface area contributed by atoms with Gasteiger partial charge in [-0.1, -0.05) is 11.6 Å². The molecule has 0 fully saturated rings. The van der Waals surface area contributed by atoms with E-state index in [2.05, 4.69) is 15.3 Å². The van der Waals surface area contributed by atoms with E-state index in [0.717, 1.165) is 0 Å². The first-order valence-electron chi connectivity index (χ1n) is 4.51. The molecule has 1 N–H and O–H groups in total. The van der Waals surface area contributed by atoms with E-state index in [0.29, 0.717) is 36.6 Å². The van der Waals surface area contributed by atoms with Gasteiger partial charge in [0.2, 0.25) is 0 Å². The Morgan fingerprint density at radius 2 is 2.13 bits per heavy atom. The molecule has 0 aliphatic rings. The molecule has 0 aliphatic carbocycles. The zero-order valence-corrected chi connectivity index (χ0v) is 9.54. The average molecular weight is 232 g/mol. The number of rotatable bonds is 6. The number of hydrogen-bond acceptors (Lipinski definition) is 5. The Balaban J connectivity index is 2.62. The molecule has 6 heteroatoms. The van der Waals surface area contributed by atoms with Crippen LogP contribution in [-0.2, 0) is 16.1 Å². The predicted octanol–water partition coefficient (Wildman–Crippen LogP) is 1.33. The maximum Gasteiger partial charge on any atom is 0.158 e. The Labute approximate surface area is 93.8 Å². The topological polar surface area (TPSA) is 56.3 Å². The van der Waals surface area contributed by atoms with E-state index in [-0.39, 0.29) is 0 Å². The summed E-state index contributed by atoms with van der Waals surface area (Å²) in [6, 6.07) is 1.66. The van der Waals surface area contributed by atoms with Crippen LogP contribution in [0.2, 0.25) is 5.15 Å². The third-order valence-electron chi connectivity index (χ3n) is 1.63. The average Bonchev–Trinajstić information content (AvgIpc) is 2.18. The summed E-state index contributed by atoms with van der Waals surface area (Å²) in [5.41, 5.74) is 0. The van der Waals surface area contributed by atoms with E-state index in [1.54, 1.807) is 20.3 Å². The highest BCUT2D eigenvalue weighted by Gasteiger charge is 2.02. The van der Waals surface area contributed by atoms with Crippen molar-refractivity contribution in [3.05, 3.63) is 17.0 Å². The number of halogens is 1. The number of ether oxygens (including phenoxy) is 2. The normalized spacial score (nSPS) is 10.3. The summed E-state index contributed by atoms with van der Waals surface area (Å²) in [5.74, 6) is 1.24. The molecule has 0 saturated carbocycles. The third kappa shape index (κ3) is 4.42. The van der Waals surface area contributed by atoms with E-state index >= 15 is 0 Å². The molecule has 5 nitrogen and oxygen atoms in total. The lowest BCUT2D eigenvalue weighted by Gasteiger charge is -2.06. The second-order valence-electron chi connectivity index (χ2n) is 2.84. The van der Waals surface area contributed by atoms with Gasteiger partial charge < -0.3 is 14.8 Å². The summed E-state index contributed by atoms with van der Waals surface area (Å²) in [6.45, 7) is 1.64. The van der Waals surface area contributed by atoms with Gasteiger partial charge in [-0.25, -0.2) is 9.97 Å². The summed E-state index contributed by atoms with van der Waals surface area (Å²) >= 11 is 5.82. The molecule has 0 radical (unpaired) electrons. The molecule has 0 spiro atoms. The van der Waals surface area contributed by atoms with Crippen molar-refractivity contribution in [2.24, 2.45) is 0 Å². The van der Waals surface area contributed by atoms with Gasteiger partial charge in [0, 0.05) is 26.8 Å². The molecule has 0 aromatic carbocycles. The minimum Gasteiger partial charge on any atom is -0.383 e. The van der Waals surface area contributed by atoms with E-state index in [9.17, 15) is 0 Å². The van der Waals surface area contributed by atoms with Crippen molar-refractivity contribution in [2.75, 3.05) is 32.7 Å². The Hall–Kier alpha value is -0.910. The Morgan fingerprint density at radius 3 is 2.80 bits per heavy atom. The monoisotopic (exact) mass is 231 g/mol. The number of aromatic nitrogens is 2. The molecule has 1 rings (SSSR count). The summed E-state index contributed by atoms with van der Waals surface area (Å²) < 4.78 is 9.84. The van der Waals surface area contributed by atoms with Crippen LogP contribution in [0.4, 0.5) is 5.82 Å². The van der Waals surface area contributed by atoms with Crippen molar-refractivity contribution >= 4 is 17.4 Å². The maximum atomic E-state index is 5.82. The van der Waals surface area contributed by atoms with Crippen LogP contribution in [0, 0.1) is 0 Å². The fraction of sp³-hybridized carbons (Fsp3) is 0.556. The van der Waals surface area contributed by atoms with Gasteiger partial charge in [-0.2, -0.15) is 0 Å². The highest BCUT2D eigenvalue weighted by atomic mass is 35.5. The first-order valence-corrected chi connectivity index (χ1v) is 4.89. The molecule has 1 aromatic heterocycles. The fourth-order valence-electron chi connectivity index (χ4n) is 1.03. The van der Waals surface area contributed by atoms with Gasteiger partial charge in [0.05, 0.1) is 6.61 Å². The Bertz CT molecular complexity index is 309. The van der Waals surface area contributed by atoms with Gasteiger partial charge in [-0.15, -0.1) is 0 Å². The molecule has 0 amide bonds. The SMILES string of the molecule is COCCNc1cc(Cl)nc(COC)n1. The smallest absolute Gasteiger partial charge is 0.158 e. The molecule has 0 atom stereocenters. The second-order valence-corrected chi connectivity index (χ2v) is 3.23. The molecular weight excluding hydrogens is 218 g/mol. The van der Waals surface area contributed by atoms with Crippen molar-refractivity contribution in [3.63, 3.8) is 0 Å². The van der Waals surface area contributed by atoms with Crippen LogP contribution in [0.15, 0.2) is 6.07 Å². The highest BCUT2D eigenvalue weighted by molar-refractivity contribution is 6.29. The summed E-state index contributed by atoms with van der Waals surface area (Å²) in [6.07, 6.45) is 0. The van der Waals surface area contributed by atoms with Gasteiger partial charge in [0.25, 0.3) is 0 Å². The zero-order chi connectivity index (χ0) is 11.1. The molecule has 0 bridgehead atoms. The maximum absolute atomic E-state index is 5.82. The third-order valence-corrected chi connectivity index (χ3v) is 1.82. The number of nitrogens with zero attached hydrogens (tertiary/aromatic N) is 2. The molecule has 0 unspecified atom stereocenters. The zero-order valence-electron chi connectivity index (χ0n) is 8.79. The molecule has 1 aromatic rings. The summed E-state index contributed by atoms with van der Waals surface area (Å²) in [5, 5.41) is 3.47. The van der Waals surface area contributed by atoms with Crippen LogP contribution in [0.5, 0.6) is 0 Å². The van der Waals surface area contributed by atoms with Gasteiger partial charge >= 0.3 is 0 Å². The van der Waals surface area contributed by atoms with Gasteiger partial charge in [-0.05, 0) is 0 Å². The van der Waals surface area contributed by atoms with Crippen LogP contribution >= 0.6 is 11.6 Å². The minimum absolute atomic E-state index is 0.347. The lowest BCUT2D eigenvalue weighted by Crippen LogP contribution is -2.10. The fourth-order valence-corrected chi connectivity index (χ4v) is 1.23. The number of nitrogens with one attached hydrogen (secondary N) is 1. The summed E-state index contributed by atoms with van der Waals surface area (Å²) in [7, 11) is 3.23. The van der Waals surface area contributed by atoms with Gasteiger partial charge in [-0.3, -0.25) is 0 Å². The van der Waals surface area contributed by atoms with Crippen LogP contribution in [0.25, 0.3) is 0 Å². The standard InChI is InChI=1S/C9H14ClN3O2/c1-14-4-3-11-8-5-7(10)12-9(13-8)6-15-2/h5H,3-4,6H2,1-2H3,(H,11,12,13). The van der Waals surface area contributed by atoms with Crippen molar-refractivity contribution < 1.29 is 9.47 Å². The molecule has 84 valence electrons. The predicted molar refractivity (Wildman–Crippen MR) is 58.1 cm³/mol. The van der Waals surface area contributed by atoms with E-state index in [4.69, 9.17) is 21.1 Å².